The SMILES string of the molecule is CC(=O)CNC(=O)c1cc2c(nc(C)n2C)c2c1CC[C@@H](c1ccccc1C)O2. The van der Waals surface area contributed by atoms with Crippen molar-refractivity contribution in [3.05, 3.63) is 58.4 Å². The van der Waals surface area contributed by atoms with Gasteiger partial charge in [-0.3, -0.25) is 9.59 Å². The molecule has 1 aromatic heterocycles. The fourth-order valence-electron chi connectivity index (χ4n) is 3.97. The number of ketones is 1. The van der Waals surface area contributed by atoms with Crippen LogP contribution in [0.25, 0.3) is 11.0 Å². The molecule has 0 unspecified atom stereocenters. The lowest BCUT2D eigenvalue weighted by Crippen LogP contribution is -2.30. The first-order chi connectivity index (χ1) is 13.9. The molecule has 2 aromatic carbocycles. The van der Waals surface area contributed by atoms with Crippen LogP contribution in [0.5, 0.6) is 5.75 Å². The predicted molar refractivity (Wildman–Crippen MR) is 111 cm³/mol. The van der Waals surface area contributed by atoms with Crippen molar-refractivity contribution in [2.24, 2.45) is 7.05 Å². The molecule has 29 heavy (non-hydrogen) atoms. The summed E-state index contributed by atoms with van der Waals surface area (Å²) in [4.78, 5) is 28.9. The Kier molecular flexibility index (Phi) is 4.86. The summed E-state index contributed by atoms with van der Waals surface area (Å²) in [5, 5.41) is 2.72. The van der Waals surface area contributed by atoms with Crippen LogP contribution in [0.2, 0.25) is 0 Å². The average Bonchev–Trinajstić information content (AvgIpc) is 3.00. The van der Waals surface area contributed by atoms with Gasteiger partial charge in [0.25, 0.3) is 5.91 Å². The number of carbonyl (C=O) groups is 2. The average molecular weight is 391 g/mol. The molecular formula is C23H25N3O3. The molecule has 6 heteroatoms. The number of hydrogen-bond donors (Lipinski definition) is 1. The Morgan fingerprint density at radius 3 is 2.76 bits per heavy atom. The highest BCUT2D eigenvalue weighted by atomic mass is 16.5. The van der Waals surface area contributed by atoms with Crippen molar-refractivity contribution < 1.29 is 14.3 Å². The number of ether oxygens (including phenoxy) is 1. The van der Waals surface area contributed by atoms with Gasteiger partial charge in [0.2, 0.25) is 0 Å². The molecule has 3 aromatic rings. The zero-order valence-corrected chi connectivity index (χ0v) is 17.2. The van der Waals surface area contributed by atoms with E-state index in [1.165, 1.54) is 12.5 Å². The number of fused-ring (bicyclic) bond motifs is 3. The number of benzene rings is 2. The summed E-state index contributed by atoms with van der Waals surface area (Å²) in [5.74, 6) is 1.19. The second-order valence-electron chi connectivity index (χ2n) is 7.70. The summed E-state index contributed by atoms with van der Waals surface area (Å²) in [5.41, 5.74) is 5.39. The lowest BCUT2D eigenvalue weighted by atomic mass is 9.91. The van der Waals surface area contributed by atoms with Gasteiger partial charge >= 0.3 is 0 Å². The van der Waals surface area contributed by atoms with Crippen molar-refractivity contribution >= 4 is 22.7 Å². The minimum absolute atomic E-state index is 0.0166. The van der Waals surface area contributed by atoms with E-state index in [9.17, 15) is 9.59 Å². The van der Waals surface area contributed by atoms with Gasteiger partial charge in [0.1, 0.15) is 23.2 Å². The van der Waals surface area contributed by atoms with Crippen LogP contribution in [-0.2, 0) is 18.3 Å². The number of rotatable bonds is 4. The quantitative estimate of drug-likeness (QED) is 0.738. The third-order valence-electron chi connectivity index (χ3n) is 5.65. The zero-order valence-electron chi connectivity index (χ0n) is 17.2. The number of aryl methyl sites for hydroxylation is 3. The van der Waals surface area contributed by atoms with Gasteiger partial charge in [-0.15, -0.1) is 0 Å². The van der Waals surface area contributed by atoms with Crippen molar-refractivity contribution in [1.82, 2.24) is 14.9 Å². The maximum atomic E-state index is 12.8. The Hall–Kier alpha value is -3.15. The largest absolute Gasteiger partial charge is 0.483 e. The molecule has 6 nitrogen and oxygen atoms in total. The van der Waals surface area contributed by atoms with Crippen LogP contribution >= 0.6 is 0 Å². The van der Waals surface area contributed by atoms with Crippen LogP contribution in [0, 0.1) is 13.8 Å². The second kappa shape index (κ2) is 7.35. The molecular weight excluding hydrogens is 366 g/mol. The summed E-state index contributed by atoms with van der Waals surface area (Å²) < 4.78 is 8.43. The highest BCUT2D eigenvalue weighted by molar-refractivity contribution is 6.02. The van der Waals surface area contributed by atoms with E-state index in [1.807, 2.05) is 36.7 Å². The van der Waals surface area contributed by atoms with E-state index in [0.29, 0.717) is 17.7 Å². The van der Waals surface area contributed by atoms with Gasteiger partial charge in [-0.2, -0.15) is 0 Å². The Balaban J connectivity index is 1.83. The van der Waals surface area contributed by atoms with E-state index in [2.05, 4.69) is 24.4 Å². The summed E-state index contributed by atoms with van der Waals surface area (Å²) in [6.45, 7) is 5.49. The van der Waals surface area contributed by atoms with Crippen LogP contribution in [0.15, 0.2) is 30.3 Å². The maximum absolute atomic E-state index is 12.8. The maximum Gasteiger partial charge on any atom is 0.252 e. The predicted octanol–water partition coefficient (Wildman–Crippen LogP) is 3.58. The van der Waals surface area contributed by atoms with Gasteiger partial charge in [0, 0.05) is 18.2 Å². The standard InChI is InChI=1S/C23H25N3O3/c1-13-7-5-6-8-16(13)20-10-9-17-18(23(28)24-12-14(2)27)11-19-21(22(17)29-20)25-15(3)26(19)4/h5-8,11,20H,9-10,12H2,1-4H3,(H,24,28)/t20-/m0/s1. The number of carbonyl (C=O) groups excluding carboxylic acids is 2. The molecule has 150 valence electrons. The molecule has 0 spiro atoms. The molecule has 0 saturated carbocycles. The zero-order chi connectivity index (χ0) is 20.7. The van der Waals surface area contributed by atoms with Crippen LogP contribution in [0.1, 0.15) is 52.3 Å². The number of Topliss-reactive ketones (excluding diaryl/α,β-unsaturated/α-hetero) is 1. The van der Waals surface area contributed by atoms with Gasteiger partial charge in [-0.25, -0.2) is 4.98 Å². The highest BCUT2D eigenvalue weighted by Crippen LogP contribution is 2.42. The van der Waals surface area contributed by atoms with E-state index in [-0.39, 0.29) is 24.3 Å². The van der Waals surface area contributed by atoms with Crippen molar-refractivity contribution in [2.45, 2.75) is 39.7 Å². The van der Waals surface area contributed by atoms with Gasteiger partial charge in [-0.1, -0.05) is 24.3 Å². The number of imidazole rings is 1. The number of hydrogen-bond acceptors (Lipinski definition) is 4. The fourth-order valence-corrected chi connectivity index (χ4v) is 3.97. The molecule has 0 aliphatic carbocycles. The van der Waals surface area contributed by atoms with E-state index in [4.69, 9.17) is 9.72 Å². The minimum Gasteiger partial charge on any atom is -0.483 e. The van der Waals surface area contributed by atoms with Crippen LogP contribution < -0.4 is 10.1 Å². The normalized spacial score (nSPS) is 15.7. The molecule has 1 aliphatic heterocycles. The van der Waals surface area contributed by atoms with E-state index in [1.54, 1.807) is 0 Å². The van der Waals surface area contributed by atoms with Crippen molar-refractivity contribution in [2.75, 3.05) is 6.54 Å². The third-order valence-corrected chi connectivity index (χ3v) is 5.65. The number of aromatic nitrogens is 2. The first kappa shape index (κ1) is 19.2. The summed E-state index contributed by atoms with van der Waals surface area (Å²) in [6, 6.07) is 10.1. The second-order valence-corrected chi connectivity index (χ2v) is 7.70. The molecule has 2 heterocycles. The van der Waals surface area contributed by atoms with E-state index in [0.717, 1.165) is 34.4 Å². The van der Waals surface area contributed by atoms with Gasteiger partial charge < -0.3 is 14.6 Å². The summed E-state index contributed by atoms with van der Waals surface area (Å²) in [6.07, 6.45) is 1.41. The lowest BCUT2D eigenvalue weighted by Gasteiger charge is -2.29. The highest BCUT2D eigenvalue weighted by Gasteiger charge is 2.30. The molecule has 1 N–H and O–H groups in total. The van der Waals surface area contributed by atoms with Crippen molar-refractivity contribution in [3.8, 4) is 5.75 Å². The lowest BCUT2D eigenvalue weighted by molar-refractivity contribution is -0.116. The number of amides is 1. The smallest absolute Gasteiger partial charge is 0.252 e. The first-order valence-electron chi connectivity index (χ1n) is 9.85. The van der Waals surface area contributed by atoms with Gasteiger partial charge in [0.15, 0.2) is 5.75 Å². The third kappa shape index (κ3) is 3.39. The summed E-state index contributed by atoms with van der Waals surface area (Å²) >= 11 is 0. The Morgan fingerprint density at radius 1 is 1.28 bits per heavy atom. The molecule has 0 radical (unpaired) electrons. The van der Waals surface area contributed by atoms with Gasteiger partial charge in [-0.05, 0) is 50.8 Å². The minimum atomic E-state index is -0.254. The monoisotopic (exact) mass is 391 g/mol. The first-order valence-corrected chi connectivity index (χ1v) is 9.85. The molecule has 0 bridgehead atoms. The Morgan fingerprint density at radius 2 is 2.03 bits per heavy atom. The molecule has 0 fully saturated rings. The molecule has 4 rings (SSSR count). The van der Waals surface area contributed by atoms with Crippen LogP contribution in [-0.4, -0.2) is 27.8 Å². The van der Waals surface area contributed by atoms with Gasteiger partial charge in [0.05, 0.1) is 12.1 Å². The molecule has 0 saturated heterocycles. The topological polar surface area (TPSA) is 73.2 Å². The Labute approximate surface area is 169 Å². The summed E-state index contributed by atoms with van der Waals surface area (Å²) in [7, 11) is 1.93. The molecule has 1 atom stereocenters. The van der Waals surface area contributed by atoms with E-state index >= 15 is 0 Å². The number of nitrogens with zero attached hydrogens (tertiary/aromatic N) is 2. The van der Waals surface area contributed by atoms with Crippen molar-refractivity contribution in [1.29, 1.82) is 0 Å². The van der Waals surface area contributed by atoms with Crippen LogP contribution in [0.3, 0.4) is 0 Å². The van der Waals surface area contributed by atoms with E-state index < -0.39 is 0 Å². The Bertz CT molecular complexity index is 1130. The molecule has 1 amide bonds. The van der Waals surface area contributed by atoms with Crippen LogP contribution in [0.4, 0.5) is 0 Å². The van der Waals surface area contributed by atoms with Crippen molar-refractivity contribution in [3.63, 3.8) is 0 Å². The number of nitrogens with one attached hydrogen (secondary N) is 1. The molecule has 1 aliphatic rings. The fraction of sp³-hybridized carbons (Fsp3) is 0.348.